The first-order valence-electron chi connectivity index (χ1n) is 5.72. The fourth-order valence-electron chi connectivity index (χ4n) is 1.75. The summed E-state index contributed by atoms with van der Waals surface area (Å²) in [5.41, 5.74) is 1.18. The molecule has 0 unspecified atom stereocenters. The van der Waals surface area contributed by atoms with E-state index in [0.29, 0.717) is 12.2 Å². The van der Waals surface area contributed by atoms with Crippen LogP contribution in [-0.4, -0.2) is 23.4 Å². The van der Waals surface area contributed by atoms with E-state index in [-0.39, 0.29) is 11.9 Å². The molecule has 2 rings (SSSR count). The van der Waals surface area contributed by atoms with Gasteiger partial charge in [0.05, 0.1) is 0 Å². The second-order valence-electron chi connectivity index (χ2n) is 3.97. The third-order valence-electron chi connectivity index (χ3n) is 2.61. The molecule has 3 amide bonds. The summed E-state index contributed by atoms with van der Waals surface area (Å²) in [4.78, 5) is 24.8. The van der Waals surface area contributed by atoms with E-state index in [4.69, 9.17) is 0 Å². The molecule has 0 atom stereocenters. The van der Waals surface area contributed by atoms with Gasteiger partial charge in [0.1, 0.15) is 5.70 Å². The number of imide groups is 1. The fraction of sp³-hybridized carbons (Fsp3) is 0.231. The lowest BCUT2D eigenvalue weighted by atomic mass is 10.2. The molecule has 0 aliphatic carbocycles. The largest absolute Gasteiger partial charge is 0.329 e. The summed E-state index contributed by atoms with van der Waals surface area (Å²) in [7, 11) is 0. The SMILES string of the molecule is CCCN1C(=O)N/C(=C/c2ccccc2Br)C1=O. The van der Waals surface area contributed by atoms with Crippen molar-refractivity contribution >= 4 is 33.9 Å². The van der Waals surface area contributed by atoms with Gasteiger partial charge in [-0.3, -0.25) is 9.69 Å². The smallest absolute Gasteiger partial charge is 0.303 e. The van der Waals surface area contributed by atoms with Crippen molar-refractivity contribution in [2.45, 2.75) is 13.3 Å². The van der Waals surface area contributed by atoms with Crippen molar-refractivity contribution in [2.75, 3.05) is 6.54 Å². The summed E-state index contributed by atoms with van der Waals surface area (Å²) in [6, 6.07) is 7.18. The lowest BCUT2D eigenvalue weighted by Crippen LogP contribution is -2.31. The number of carbonyl (C=O) groups is 2. The monoisotopic (exact) mass is 308 g/mol. The molecule has 0 bridgehead atoms. The molecule has 0 radical (unpaired) electrons. The molecule has 1 aliphatic rings. The highest BCUT2D eigenvalue weighted by Gasteiger charge is 2.32. The van der Waals surface area contributed by atoms with Crippen molar-refractivity contribution in [2.24, 2.45) is 0 Å². The average molecular weight is 309 g/mol. The minimum atomic E-state index is -0.347. The van der Waals surface area contributed by atoms with Crippen LogP contribution in [0, 0.1) is 0 Å². The maximum atomic E-state index is 12.0. The Labute approximate surface area is 114 Å². The second-order valence-corrected chi connectivity index (χ2v) is 4.82. The molecule has 1 N–H and O–H groups in total. The van der Waals surface area contributed by atoms with Gasteiger partial charge in [0.2, 0.25) is 0 Å². The first kappa shape index (κ1) is 12.8. The number of nitrogens with one attached hydrogen (secondary N) is 1. The number of hydrogen-bond donors (Lipinski definition) is 1. The van der Waals surface area contributed by atoms with Crippen molar-refractivity contribution in [1.82, 2.24) is 10.2 Å². The number of benzene rings is 1. The van der Waals surface area contributed by atoms with Crippen molar-refractivity contribution in [1.29, 1.82) is 0 Å². The number of nitrogens with zero attached hydrogens (tertiary/aromatic N) is 1. The Morgan fingerprint density at radius 3 is 2.72 bits per heavy atom. The number of halogens is 1. The maximum absolute atomic E-state index is 12.0. The summed E-state index contributed by atoms with van der Waals surface area (Å²) in [5.74, 6) is -0.266. The van der Waals surface area contributed by atoms with Crippen molar-refractivity contribution < 1.29 is 9.59 Å². The number of amides is 3. The van der Waals surface area contributed by atoms with E-state index in [2.05, 4.69) is 21.2 Å². The molecule has 5 heteroatoms. The molecular weight excluding hydrogens is 296 g/mol. The Morgan fingerprint density at radius 1 is 1.33 bits per heavy atom. The van der Waals surface area contributed by atoms with Gasteiger partial charge in [-0.15, -0.1) is 0 Å². The summed E-state index contributed by atoms with van der Waals surface area (Å²) in [5, 5.41) is 2.59. The summed E-state index contributed by atoms with van der Waals surface area (Å²) >= 11 is 3.40. The summed E-state index contributed by atoms with van der Waals surface area (Å²) in [6.45, 7) is 2.37. The molecule has 1 saturated heterocycles. The molecular formula is C13H13BrN2O2. The minimum Gasteiger partial charge on any atom is -0.303 e. The van der Waals surface area contributed by atoms with Gasteiger partial charge in [0, 0.05) is 11.0 Å². The van der Waals surface area contributed by atoms with Crippen molar-refractivity contribution in [3.63, 3.8) is 0 Å². The quantitative estimate of drug-likeness (QED) is 0.689. The minimum absolute atomic E-state index is 0.266. The van der Waals surface area contributed by atoms with Gasteiger partial charge in [-0.05, 0) is 24.1 Å². The van der Waals surface area contributed by atoms with Crippen LogP contribution in [0.4, 0.5) is 4.79 Å². The molecule has 1 aliphatic heterocycles. The summed E-state index contributed by atoms with van der Waals surface area (Å²) in [6.07, 6.45) is 2.43. The molecule has 1 fully saturated rings. The van der Waals surface area contributed by atoms with E-state index >= 15 is 0 Å². The predicted molar refractivity (Wildman–Crippen MR) is 72.7 cm³/mol. The van der Waals surface area contributed by atoms with Crippen LogP contribution in [-0.2, 0) is 4.79 Å². The Bertz CT molecular complexity index is 525. The van der Waals surface area contributed by atoms with Crippen LogP contribution in [0.15, 0.2) is 34.4 Å². The highest BCUT2D eigenvalue weighted by molar-refractivity contribution is 9.10. The van der Waals surface area contributed by atoms with E-state index in [1.165, 1.54) is 4.90 Å². The molecule has 1 aromatic rings. The van der Waals surface area contributed by atoms with Gasteiger partial charge < -0.3 is 5.32 Å². The number of carbonyl (C=O) groups excluding carboxylic acids is 2. The third kappa shape index (κ3) is 2.46. The van der Waals surface area contributed by atoms with Crippen LogP contribution in [0.5, 0.6) is 0 Å². The fourth-order valence-corrected chi connectivity index (χ4v) is 2.15. The predicted octanol–water partition coefficient (Wildman–Crippen LogP) is 2.75. The van der Waals surface area contributed by atoms with E-state index in [1.807, 2.05) is 31.2 Å². The van der Waals surface area contributed by atoms with E-state index in [0.717, 1.165) is 16.5 Å². The van der Waals surface area contributed by atoms with E-state index in [9.17, 15) is 9.59 Å². The van der Waals surface area contributed by atoms with Gasteiger partial charge >= 0.3 is 6.03 Å². The van der Waals surface area contributed by atoms with Gasteiger partial charge in [-0.2, -0.15) is 0 Å². The lowest BCUT2D eigenvalue weighted by molar-refractivity contribution is -0.122. The van der Waals surface area contributed by atoms with Crippen molar-refractivity contribution in [3.05, 3.63) is 40.0 Å². The Morgan fingerprint density at radius 2 is 2.06 bits per heavy atom. The topological polar surface area (TPSA) is 49.4 Å². The Kier molecular flexibility index (Phi) is 3.81. The van der Waals surface area contributed by atoms with E-state index < -0.39 is 0 Å². The molecule has 1 aromatic carbocycles. The first-order valence-corrected chi connectivity index (χ1v) is 6.52. The van der Waals surface area contributed by atoms with Crippen LogP contribution in [0.2, 0.25) is 0 Å². The summed E-state index contributed by atoms with van der Waals surface area (Å²) < 4.78 is 0.883. The molecule has 94 valence electrons. The van der Waals surface area contributed by atoms with Crippen LogP contribution >= 0.6 is 15.9 Å². The number of urea groups is 1. The molecule has 4 nitrogen and oxygen atoms in total. The van der Waals surface area contributed by atoms with Gasteiger partial charge in [-0.1, -0.05) is 41.1 Å². The van der Waals surface area contributed by atoms with Crippen LogP contribution in [0.3, 0.4) is 0 Å². The van der Waals surface area contributed by atoms with Gasteiger partial charge in [0.15, 0.2) is 0 Å². The second kappa shape index (κ2) is 5.35. The van der Waals surface area contributed by atoms with Crippen LogP contribution in [0.1, 0.15) is 18.9 Å². The molecule has 0 aromatic heterocycles. The molecule has 1 heterocycles. The zero-order chi connectivity index (χ0) is 13.1. The standard InChI is InChI=1S/C13H13BrN2O2/c1-2-7-16-12(17)11(15-13(16)18)8-9-5-3-4-6-10(9)14/h3-6,8H,2,7H2,1H3,(H,15,18)/b11-8+. The highest BCUT2D eigenvalue weighted by Crippen LogP contribution is 2.20. The number of rotatable bonds is 3. The molecule has 0 spiro atoms. The third-order valence-corrected chi connectivity index (χ3v) is 3.34. The van der Waals surface area contributed by atoms with Crippen LogP contribution < -0.4 is 5.32 Å². The Hall–Kier alpha value is -1.62. The highest BCUT2D eigenvalue weighted by atomic mass is 79.9. The molecule has 0 saturated carbocycles. The number of hydrogen-bond acceptors (Lipinski definition) is 2. The van der Waals surface area contributed by atoms with Gasteiger partial charge in [0.25, 0.3) is 5.91 Å². The lowest BCUT2D eigenvalue weighted by Gasteiger charge is -2.08. The Balaban J connectivity index is 2.28. The van der Waals surface area contributed by atoms with Crippen molar-refractivity contribution in [3.8, 4) is 0 Å². The normalized spacial score (nSPS) is 17.4. The molecule has 18 heavy (non-hydrogen) atoms. The average Bonchev–Trinajstić information content (AvgIpc) is 2.60. The van der Waals surface area contributed by atoms with E-state index in [1.54, 1.807) is 6.08 Å². The van der Waals surface area contributed by atoms with Crippen LogP contribution in [0.25, 0.3) is 6.08 Å². The zero-order valence-corrected chi connectivity index (χ0v) is 11.5. The zero-order valence-electron chi connectivity index (χ0n) is 9.94. The van der Waals surface area contributed by atoms with Gasteiger partial charge in [-0.25, -0.2) is 4.79 Å². The first-order chi connectivity index (χ1) is 8.63. The maximum Gasteiger partial charge on any atom is 0.329 e.